The largest absolute Gasteiger partial charge is 0.480 e. The van der Waals surface area contributed by atoms with E-state index in [-0.39, 0.29) is 24.7 Å². The van der Waals surface area contributed by atoms with Gasteiger partial charge < -0.3 is 31.8 Å². The highest BCUT2D eigenvalue weighted by Crippen LogP contribution is 2.20. The van der Waals surface area contributed by atoms with Gasteiger partial charge in [-0.25, -0.2) is 4.79 Å². The Morgan fingerprint density at radius 1 is 0.786 bits per heavy atom. The van der Waals surface area contributed by atoms with Gasteiger partial charge in [0.2, 0.25) is 17.7 Å². The molecule has 0 fully saturated rings. The molecule has 1 aromatic heterocycles. The molecule has 3 aromatic rings. The molecule has 7 N–H and O–H groups in total. The minimum absolute atomic E-state index is 0.0781. The van der Waals surface area contributed by atoms with E-state index in [0.29, 0.717) is 12.8 Å². The normalized spacial score (nSPS) is 15.5. The zero-order valence-corrected chi connectivity index (χ0v) is 24.7. The highest BCUT2D eigenvalue weighted by Gasteiger charge is 2.33. The molecule has 3 rings (SSSR count). The van der Waals surface area contributed by atoms with Crippen LogP contribution in [0.4, 0.5) is 0 Å². The summed E-state index contributed by atoms with van der Waals surface area (Å²) in [6, 6.07) is 12.5. The molecule has 226 valence electrons. The Hall–Kier alpha value is -4.18. The highest BCUT2D eigenvalue weighted by molar-refractivity contribution is 5.95. The molecule has 0 aliphatic carbocycles. The molecule has 0 aliphatic rings. The minimum atomic E-state index is -1.21. The molecule has 6 atom stereocenters. The molecule has 1 heterocycles. The number of fused-ring (bicyclic) bond motifs is 1. The van der Waals surface area contributed by atoms with Crippen LogP contribution in [0.5, 0.6) is 0 Å². The lowest BCUT2D eigenvalue weighted by atomic mass is 9.95. The summed E-state index contributed by atoms with van der Waals surface area (Å²) in [6.45, 7) is 7.56. The topological polar surface area (TPSA) is 166 Å². The Kier molecular flexibility index (Phi) is 11.7. The van der Waals surface area contributed by atoms with Crippen LogP contribution in [0.3, 0.4) is 0 Å². The lowest BCUT2D eigenvalue weighted by Gasteiger charge is -2.29. The van der Waals surface area contributed by atoms with Crippen LogP contribution in [0, 0.1) is 11.8 Å². The maximum atomic E-state index is 13.7. The average molecular weight is 578 g/mol. The van der Waals surface area contributed by atoms with Crippen LogP contribution in [-0.2, 0) is 32.0 Å². The fourth-order valence-corrected chi connectivity index (χ4v) is 4.78. The third kappa shape index (κ3) is 8.42. The summed E-state index contributed by atoms with van der Waals surface area (Å²) in [6.07, 6.45) is 3.25. The van der Waals surface area contributed by atoms with E-state index >= 15 is 0 Å². The number of nitrogens with one attached hydrogen (secondary N) is 4. The standard InChI is InChI=1S/C32H43N5O5/c1-5-19(3)27(33)30(39)37-28(20(4)6-2)31(40)35-25(17-22-18-34-24-15-11-10-14-23(22)24)29(38)36-26(32(41)42)16-21-12-8-7-9-13-21/h7-15,18-20,25-28,34H,5-6,16-17,33H2,1-4H3,(H,35,40)(H,36,38)(H,37,39)(H,41,42). The third-order valence-electron chi connectivity index (χ3n) is 7.98. The van der Waals surface area contributed by atoms with Crippen molar-refractivity contribution in [2.45, 2.75) is 77.5 Å². The molecule has 0 spiro atoms. The van der Waals surface area contributed by atoms with Gasteiger partial charge in [0, 0.05) is 29.9 Å². The van der Waals surface area contributed by atoms with Crippen LogP contribution in [-0.4, -0.2) is 57.9 Å². The highest BCUT2D eigenvalue weighted by atomic mass is 16.4. The van der Waals surface area contributed by atoms with Gasteiger partial charge >= 0.3 is 5.97 Å². The molecule has 0 saturated carbocycles. The first kappa shape index (κ1) is 32.3. The Bertz CT molecular complexity index is 1360. The second kappa shape index (κ2) is 15.2. The van der Waals surface area contributed by atoms with E-state index in [4.69, 9.17) is 5.73 Å². The van der Waals surface area contributed by atoms with Crippen LogP contribution in [0.1, 0.15) is 51.7 Å². The summed E-state index contributed by atoms with van der Waals surface area (Å²) in [5.41, 5.74) is 8.53. The van der Waals surface area contributed by atoms with Crippen LogP contribution in [0.2, 0.25) is 0 Å². The number of aliphatic carboxylic acids is 1. The average Bonchev–Trinajstić information content (AvgIpc) is 3.40. The zero-order valence-electron chi connectivity index (χ0n) is 24.7. The number of carbonyl (C=O) groups is 4. The van der Waals surface area contributed by atoms with Gasteiger partial charge in [0.1, 0.15) is 18.1 Å². The number of para-hydroxylation sites is 1. The van der Waals surface area contributed by atoms with E-state index in [1.807, 2.05) is 58.0 Å². The van der Waals surface area contributed by atoms with Crippen molar-refractivity contribution < 1.29 is 24.3 Å². The van der Waals surface area contributed by atoms with Crippen LogP contribution >= 0.6 is 0 Å². The number of nitrogens with two attached hydrogens (primary N) is 1. The van der Waals surface area contributed by atoms with E-state index in [0.717, 1.165) is 22.0 Å². The number of rotatable bonds is 15. The number of aromatic amines is 1. The van der Waals surface area contributed by atoms with E-state index in [1.54, 1.807) is 30.5 Å². The SMILES string of the molecule is CCC(C)C(N)C(=O)NC(C(=O)NC(Cc1c[nH]c2ccccc12)C(=O)NC(Cc1ccccc1)C(=O)O)C(C)CC. The van der Waals surface area contributed by atoms with Crippen molar-refractivity contribution in [1.29, 1.82) is 0 Å². The second-order valence-electron chi connectivity index (χ2n) is 11.0. The van der Waals surface area contributed by atoms with Gasteiger partial charge in [-0.3, -0.25) is 14.4 Å². The number of carbonyl (C=O) groups excluding carboxylic acids is 3. The van der Waals surface area contributed by atoms with E-state index in [2.05, 4.69) is 20.9 Å². The number of carboxylic acid groups (broad SMARTS) is 1. The quantitative estimate of drug-likeness (QED) is 0.162. The number of aromatic nitrogens is 1. The first-order valence-corrected chi connectivity index (χ1v) is 14.5. The molecule has 6 unspecified atom stereocenters. The van der Waals surface area contributed by atoms with Crippen LogP contribution in [0.15, 0.2) is 60.8 Å². The zero-order chi connectivity index (χ0) is 30.8. The number of benzene rings is 2. The molecule has 10 heteroatoms. The number of hydrogen-bond donors (Lipinski definition) is 6. The smallest absolute Gasteiger partial charge is 0.326 e. The molecule has 0 saturated heterocycles. The lowest BCUT2D eigenvalue weighted by molar-refractivity contribution is -0.142. The van der Waals surface area contributed by atoms with E-state index in [1.165, 1.54) is 0 Å². The minimum Gasteiger partial charge on any atom is -0.480 e. The van der Waals surface area contributed by atoms with Gasteiger partial charge in [-0.1, -0.05) is 89.1 Å². The van der Waals surface area contributed by atoms with Gasteiger partial charge in [-0.2, -0.15) is 0 Å². The molecular weight excluding hydrogens is 534 g/mol. The van der Waals surface area contributed by atoms with Crippen LogP contribution < -0.4 is 21.7 Å². The maximum Gasteiger partial charge on any atom is 0.326 e. The Labute approximate surface area is 246 Å². The first-order chi connectivity index (χ1) is 20.0. The third-order valence-corrected chi connectivity index (χ3v) is 7.98. The first-order valence-electron chi connectivity index (χ1n) is 14.5. The molecule has 42 heavy (non-hydrogen) atoms. The maximum absolute atomic E-state index is 13.7. The van der Waals surface area contributed by atoms with Crippen molar-refractivity contribution in [2.75, 3.05) is 0 Å². The summed E-state index contributed by atoms with van der Waals surface area (Å²) >= 11 is 0. The summed E-state index contributed by atoms with van der Waals surface area (Å²) in [4.78, 5) is 55.6. The van der Waals surface area contributed by atoms with Crippen molar-refractivity contribution in [3.05, 3.63) is 71.9 Å². The predicted molar refractivity (Wildman–Crippen MR) is 162 cm³/mol. The van der Waals surface area contributed by atoms with Gasteiger partial charge in [-0.15, -0.1) is 0 Å². The van der Waals surface area contributed by atoms with Gasteiger partial charge in [0.15, 0.2) is 0 Å². The molecule has 10 nitrogen and oxygen atoms in total. The van der Waals surface area contributed by atoms with Crippen molar-refractivity contribution in [2.24, 2.45) is 17.6 Å². The van der Waals surface area contributed by atoms with E-state index in [9.17, 15) is 24.3 Å². The molecule has 2 aromatic carbocycles. The lowest BCUT2D eigenvalue weighted by Crippen LogP contribution is -2.59. The summed E-state index contributed by atoms with van der Waals surface area (Å²) in [5.74, 6) is -3.13. The van der Waals surface area contributed by atoms with E-state index < -0.39 is 47.9 Å². The van der Waals surface area contributed by atoms with Crippen molar-refractivity contribution >= 4 is 34.6 Å². The number of hydrogen-bond acceptors (Lipinski definition) is 5. The summed E-state index contributed by atoms with van der Waals surface area (Å²) in [7, 11) is 0. The van der Waals surface area contributed by atoms with Crippen molar-refractivity contribution in [3.63, 3.8) is 0 Å². The molecule has 0 radical (unpaired) electrons. The number of amides is 3. The number of H-pyrrole nitrogens is 1. The van der Waals surface area contributed by atoms with Gasteiger partial charge in [0.25, 0.3) is 0 Å². The fraction of sp³-hybridized carbons (Fsp3) is 0.438. The van der Waals surface area contributed by atoms with Gasteiger partial charge in [0.05, 0.1) is 6.04 Å². The Morgan fingerprint density at radius 2 is 1.40 bits per heavy atom. The summed E-state index contributed by atoms with van der Waals surface area (Å²) < 4.78 is 0. The van der Waals surface area contributed by atoms with Gasteiger partial charge in [-0.05, 0) is 29.0 Å². The Balaban J connectivity index is 1.88. The molecule has 0 aliphatic heterocycles. The Morgan fingerprint density at radius 3 is 2.05 bits per heavy atom. The van der Waals surface area contributed by atoms with Crippen molar-refractivity contribution in [3.8, 4) is 0 Å². The van der Waals surface area contributed by atoms with Crippen LogP contribution in [0.25, 0.3) is 10.9 Å². The van der Waals surface area contributed by atoms with Crippen molar-refractivity contribution in [1.82, 2.24) is 20.9 Å². The monoisotopic (exact) mass is 577 g/mol. The second-order valence-corrected chi connectivity index (χ2v) is 11.0. The molecule has 0 bridgehead atoms. The predicted octanol–water partition coefficient (Wildman–Crippen LogP) is 2.91. The molecule has 3 amide bonds. The number of carboxylic acids is 1. The fourth-order valence-electron chi connectivity index (χ4n) is 4.78. The molecular formula is C32H43N5O5. The summed E-state index contributed by atoms with van der Waals surface area (Å²) in [5, 5.41) is 19.0.